The van der Waals surface area contributed by atoms with Crippen LogP contribution < -0.4 is 14.4 Å². The minimum Gasteiger partial charge on any atom is -0.457 e. The SMILES string of the molecule is N#Cc1ccc(Oc2ccc3c(c2)S(=O)(=O)NCN3C2CC2)cc1. The van der Waals surface area contributed by atoms with Gasteiger partial charge >= 0.3 is 0 Å². The predicted octanol–water partition coefficient (Wildman–Crippen LogP) is 2.57. The van der Waals surface area contributed by atoms with E-state index in [9.17, 15) is 8.42 Å². The highest BCUT2D eigenvalue weighted by Gasteiger charge is 2.36. The molecule has 1 saturated carbocycles. The van der Waals surface area contributed by atoms with Crippen molar-refractivity contribution in [3.05, 3.63) is 48.0 Å². The standard InChI is InChI=1S/C17H15N3O3S/c18-10-12-1-5-14(6-2-12)23-15-7-8-16-17(9-15)24(21,22)19-11-20(16)13-3-4-13/h1-2,5-9,13,19H,3-4,11H2. The molecule has 1 aliphatic heterocycles. The van der Waals surface area contributed by atoms with Crippen LogP contribution in [-0.4, -0.2) is 21.1 Å². The van der Waals surface area contributed by atoms with Gasteiger partial charge in [-0.05, 0) is 49.2 Å². The molecule has 0 bridgehead atoms. The number of rotatable bonds is 3. The minimum absolute atomic E-state index is 0.242. The van der Waals surface area contributed by atoms with Crippen LogP contribution in [0.1, 0.15) is 18.4 Å². The fraction of sp³-hybridized carbons (Fsp3) is 0.235. The van der Waals surface area contributed by atoms with Gasteiger partial charge in [-0.25, -0.2) is 8.42 Å². The average molecular weight is 341 g/mol. The lowest BCUT2D eigenvalue weighted by Crippen LogP contribution is -2.44. The highest BCUT2D eigenvalue weighted by molar-refractivity contribution is 7.89. The zero-order chi connectivity index (χ0) is 16.7. The Balaban J connectivity index is 1.67. The van der Waals surface area contributed by atoms with Crippen LogP contribution in [0.15, 0.2) is 47.4 Å². The highest BCUT2D eigenvalue weighted by atomic mass is 32.2. The molecule has 0 radical (unpaired) electrons. The number of hydrogen-bond acceptors (Lipinski definition) is 5. The Morgan fingerprint density at radius 2 is 1.83 bits per heavy atom. The summed E-state index contributed by atoms with van der Waals surface area (Å²) in [5.41, 5.74) is 1.27. The molecule has 4 rings (SSSR count). The molecular weight excluding hydrogens is 326 g/mol. The van der Waals surface area contributed by atoms with Gasteiger partial charge < -0.3 is 9.64 Å². The van der Waals surface area contributed by atoms with E-state index < -0.39 is 10.0 Å². The summed E-state index contributed by atoms with van der Waals surface area (Å²) in [6, 6.07) is 14.2. The molecule has 122 valence electrons. The number of nitrogens with zero attached hydrogens (tertiary/aromatic N) is 2. The van der Waals surface area contributed by atoms with E-state index in [0.29, 0.717) is 29.8 Å². The van der Waals surface area contributed by atoms with Crippen LogP contribution in [0.4, 0.5) is 5.69 Å². The van der Waals surface area contributed by atoms with Gasteiger partial charge in [0.05, 0.1) is 24.0 Å². The third kappa shape index (κ3) is 2.70. The van der Waals surface area contributed by atoms with Gasteiger partial charge in [-0.15, -0.1) is 0 Å². The first-order chi connectivity index (χ1) is 11.6. The highest BCUT2D eigenvalue weighted by Crippen LogP contribution is 2.39. The summed E-state index contributed by atoms with van der Waals surface area (Å²) in [6.07, 6.45) is 2.18. The Morgan fingerprint density at radius 3 is 2.50 bits per heavy atom. The molecular formula is C17H15N3O3S. The summed E-state index contributed by atoms with van der Waals surface area (Å²) in [7, 11) is -3.52. The van der Waals surface area contributed by atoms with Crippen LogP contribution in [0.5, 0.6) is 11.5 Å². The van der Waals surface area contributed by atoms with E-state index in [4.69, 9.17) is 10.00 Å². The second-order valence-corrected chi connectivity index (χ2v) is 7.61. The van der Waals surface area contributed by atoms with Crippen molar-refractivity contribution < 1.29 is 13.2 Å². The second kappa shape index (κ2) is 5.51. The van der Waals surface area contributed by atoms with Crippen molar-refractivity contribution in [2.45, 2.75) is 23.8 Å². The lowest BCUT2D eigenvalue weighted by molar-refractivity contribution is 0.480. The largest absolute Gasteiger partial charge is 0.457 e. The Kier molecular flexibility index (Phi) is 3.44. The van der Waals surface area contributed by atoms with Crippen LogP contribution in [0.3, 0.4) is 0 Å². The Morgan fingerprint density at radius 1 is 1.12 bits per heavy atom. The van der Waals surface area contributed by atoms with Crippen molar-refractivity contribution in [3.8, 4) is 17.6 Å². The van der Waals surface area contributed by atoms with Gasteiger partial charge in [0.15, 0.2) is 0 Å². The molecule has 24 heavy (non-hydrogen) atoms. The molecule has 1 aliphatic carbocycles. The first-order valence-corrected chi connectivity index (χ1v) is 9.13. The monoisotopic (exact) mass is 341 g/mol. The van der Waals surface area contributed by atoms with Crippen molar-refractivity contribution >= 4 is 15.7 Å². The molecule has 0 saturated heterocycles. The number of benzene rings is 2. The zero-order valence-electron chi connectivity index (χ0n) is 12.8. The van der Waals surface area contributed by atoms with Crippen molar-refractivity contribution in [1.82, 2.24) is 4.72 Å². The lowest BCUT2D eigenvalue weighted by atomic mass is 10.2. The molecule has 0 amide bonds. The minimum atomic E-state index is -3.52. The maximum absolute atomic E-state index is 12.3. The fourth-order valence-electron chi connectivity index (χ4n) is 2.77. The van der Waals surface area contributed by atoms with E-state index in [0.717, 1.165) is 18.5 Å². The molecule has 0 spiro atoms. The first kappa shape index (κ1) is 15.0. The number of sulfonamides is 1. The predicted molar refractivity (Wildman–Crippen MR) is 88.4 cm³/mol. The zero-order valence-corrected chi connectivity index (χ0v) is 13.6. The molecule has 2 aromatic carbocycles. The fourth-order valence-corrected chi connectivity index (χ4v) is 3.97. The molecule has 7 heteroatoms. The summed E-state index contributed by atoms with van der Waals surface area (Å²) in [4.78, 5) is 2.33. The summed E-state index contributed by atoms with van der Waals surface area (Å²) in [5, 5.41) is 8.81. The van der Waals surface area contributed by atoms with Crippen molar-refractivity contribution in [1.29, 1.82) is 5.26 Å². The van der Waals surface area contributed by atoms with E-state index in [-0.39, 0.29) is 4.90 Å². The normalized spacial score (nSPS) is 18.5. The van der Waals surface area contributed by atoms with Gasteiger partial charge in [-0.2, -0.15) is 9.98 Å². The summed E-state index contributed by atoms with van der Waals surface area (Å²) in [5.74, 6) is 0.996. The molecule has 2 aromatic rings. The van der Waals surface area contributed by atoms with Gasteiger partial charge in [0.1, 0.15) is 16.4 Å². The third-order valence-electron chi connectivity index (χ3n) is 4.16. The molecule has 1 N–H and O–H groups in total. The molecule has 1 heterocycles. The number of nitrogens with one attached hydrogen (secondary N) is 1. The van der Waals surface area contributed by atoms with E-state index in [2.05, 4.69) is 9.62 Å². The number of fused-ring (bicyclic) bond motifs is 1. The molecule has 0 unspecified atom stereocenters. The van der Waals surface area contributed by atoms with Crippen LogP contribution in [-0.2, 0) is 10.0 Å². The van der Waals surface area contributed by atoms with E-state index >= 15 is 0 Å². The van der Waals surface area contributed by atoms with Gasteiger partial charge in [-0.3, -0.25) is 0 Å². The van der Waals surface area contributed by atoms with Crippen LogP contribution >= 0.6 is 0 Å². The smallest absolute Gasteiger partial charge is 0.244 e. The number of nitriles is 1. The van der Waals surface area contributed by atoms with Gasteiger partial charge in [0.25, 0.3) is 0 Å². The van der Waals surface area contributed by atoms with Crippen molar-refractivity contribution in [2.24, 2.45) is 0 Å². The Bertz CT molecular complexity index is 929. The molecule has 6 nitrogen and oxygen atoms in total. The van der Waals surface area contributed by atoms with Crippen molar-refractivity contribution in [3.63, 3.8) is 0 Å². The third-order valence-corrected chi connectivity index (χ3v) is 5.58. The van der Waals surface area contributed by atoms with Crippen molar-refractivity contribution in [2.75, 3.05) is 11.6 Å². The van der Waals surface area contributed by atoms with Gasteiger partial charge in [0, 0.05) is 12.1 Å². The Labute approximate surface area is 140 Å². The molecule has 0 atom stereocenters. The average Bonchev–Trinajstić information content (AvgIpc) is 3.41. The maximum Gasteiger partial charge on any atom is 0.244 e. The second-order valence-electron chi connectivity index (χ2n) is 5.87. The summed E-state index contributed by atoms with van der Waals surface area (Å²) < 4.78 is 33.0. The first-order valence-electron chi connectivity index (χ1n) is 7.65. The van der Waals surface area contributed by atoms with Gasteiger partial charge in [0.2, 0.25) is 10.0 Å². The topological polar surface area (TPSA) is 82.4 Å². The molecule has 0 aromatic heterocycles. The van der Waals surface area contributed by atoms with Crippen LogP contribution in [0.2, 0.25) is 0 Å². The van der Waals surface area contributed by atoms with E-state index in [1.807, 2.05) is 6.07 Å². The van der Waals surface area contributed by atoms with Crippen LogP contribution in [0.25, 0.3) is 0 Å². The summed E-state index contributed by atoms with van der Waals surface area (Å²) in [6.45, 7) is 0.315. The maximum atomic E-state index is 12.3. The van der Waals surface area contributed by atoms with E-state index in [1.54, 1.807) is 42.5 Å². The number of anilines is 1. The molecule has 1 fully saturated rings. The Hall–Kier alpha value is -2.56. The quantitative estimate of drug-likeness (QED) is 0.928. The van der Waals surface area contributed by atoms with Gasteiger partial charge in [-0.1, -0.05) is 0 Å². The van der Waals surface area contributed by atoms with E-state index in [1.165, 1.54) is 0 Å². The summed E-state index contributed by atoms with van der Waals surface area (Å²) >= 11 is 0. The molecule has 2 aliphatic rings. The lowest BCUT2D eigenvalue weighted by Gasteiger charge is -2.31. The van der Waals surface area contributed by atoms with Crippen LogP contribution in [0, 0.1) is 11.3 Å². The number of ether oxygens (including phenoxy) is 1. The number of hydrogen-bond donors (Lipinski definition) is 1.